The summed E-state index contributed by atoms with van der Waals surface area (Å²) in [7, 11) is 3.99. The number of fused-ring (bicyclic) bond motifs is 2. The zero-order valence-electron chi connectivity index (χ0n) is 17.8. The number of carbonyl (C=O) groups is 1. The highest BCUT2D eigenvalue weighted by Gasteiger charge is 2.15. The molecular formula is C24H32N4O. The maximum absolute atomic E-state index is 12.8. The molecule has 0 aliphatic carbocycles. The molecule has 0 radical (unpaired) electrons. The van der Waals surface area contributed by atoms with Crippen molar-refractivity contribution in [3.05, 3.63) is 48.0 Å². The number of likely N-dealkylation sites (N-methyl/N-ethyl adjacent to an activating group) is 1. The minimum absolute atomic E-state index is 0.0749. The van der Waals surface area contributed by atoms with Gasteiger partial charge in [-0.1, -0.05) is 56.5 Å². The van der Waals surface area contributed by atoms with E-state index in [1.165, 1.54) is 19.3 Å². The fraction of sp³-hybridized carbons (Fsp3) is 0.417. The molecule has 154 valence electrons. The highest BCUT2D eigenvalue weighted by Crippen LogP contribution is 2.32. The lowest BCUT2D eigenvalue weighted by Crippen LogP contribution is -2.31. The largest absolute Gasteiger partial charge is 0.384 e. The number of unbranched alkanes of at least 4 members (excludes halogenated alkanes) is 3. The van der Waals surface area contributed by atoms with Crippen LogP contribution in [0.2, 0.25) is 0 Å². The van der Waals surface area contributed by atoms with Crippen molar-refractivity contribution in [2.45, 2.75) is 32.6 Å². The van der Waals surface area contributed by atoms with Crippen molar-refractivity contribution in [1.29, 1.82) is 0 Å². The van der Waals surface area contributed by atoms with Gasteiger partial charge in [0.05, 0.1) is 22.3 Å². The first-order valence-corrected chi connectivity index (χ1v) is 10.6. The second-order valence-electron chi connectivity index (χ2n) is 7.75. The number of carbonyl (C=O) groups excluding carboxylic acids is 1. The molecule has 29 heavy (non-hydrogen) atoms. The van der Waals surface area contributed by atoms with Crippen molar-refractivity contribution in [2.24, 2.45) is 0 Å². The Morgan fingerprint density at radius 2 is 1.76 bits per heavy atom. The zero-order valence-corrected chi connectivity index (χ0v) is 17.8. The van der Waals surface area contributed by atoms with Crippen LogP contribution in [-0.2, 0) is 0 Å². The Hall–Kier alpha value is -2.66. The lowest BCUT2D eigenvalue weighted by molar-refractivity contribution is 0.0952. The third-order valence-corrected chi connectivity index (χ3v) is 5.13. The van der Waals surface area contributed by atoms with Gasteiger partial charge in [-0.3, -0.25) is 4.79 Å². The number of para-hydroxylation sites is 2. The quantitative estimate of drug-likeness (QED) is 0.389. The number of benzene rings is 2. The van der Waals surface area contributed by atoms with Crippen LogP contribution in [-0.4, -0.2) is 49.5 Å². The number of nitrogens with zero attached hydrogens (tertiary/aromatic N) is 2. The predicted molar refractivity (Wildman–Crippen MR) is 123 cm³/mol. The van der Waals surface area contributed by atoms with Gasteiger partial charge in [0.25, 0.3) is 5.91 Å². The van der Waals surface area contributed by atoms with Gasteiger partial charge >= 0.3 is 0 Å². The molecule has 3 rings (SSSR count). The molecule has 3 aromatic rings. The standard InChI is InChI=1S/C24H32N4O/c1-4-5-6-9-15-25-22-18-11-7-8-14-21(18)27-23-19(22)12-10-13-20(23)24(29)26-16-17-28(2)3/h7-8,10-14H,4-6,9,15-17H2,1-3H3,(H,25,27)(H,26,29). The van der Waals surface area contributed by atoms with E-state index in [4.69, 9.17) is 4.98 Å². The van der Waals surface area contributed by atoms with Gasteiger partial charge in [-0.15, -0.1) is 0 Å². The molecule has 1 heterocycles. The number of hydrogen-bond acceptors (Lipinski definition) is 4. The Morgan fingerprint density at radius 1 is 0.966 bits per heavy atom. The fourth-order valence-electron chi connectivity index (χ4n) is 3.54. The average Bonchev–Trinajstić information content (AvgIpc) is 2.72. The average molecular weight is 393 g/mol. The molecule has 2 aromatic carbocycles. The van der Waals surface area contributed by atoms with Crippen molar-refractivity contribution in [3.8, 4) is 0 Å². The van der Waals surface area contributed by atoms with E-state index in [0.29, 0.717) is 12.1 Å². The van der Waals surface area contributed by atoms with Crippen molar-refractivity contribution in [3.63, 3.8) is 0 Å². The van der Waals surface area contributed by atoms with E-state index in [0.717, 1.165) is 47.0 Å². The van der Waals surface area contributed by atoms with E-state index in [-0.39, 0.29) is 5.91 Å². The first kappa shape index (κ1) is 21.1. The van der Waals surface area contributed by atoms with Gasteiger partial charge in [-0.25, -0.2) is 4.98 Å². The SMILES string of the molecule is CCCCCCNc1c2ccccc2nc2c(C(=O)NCCN(C)C)cccc12. The van der Waals surface area contributed by atoms with Crippen molar-refractivity contribution in [2.75, 3.05) is 39.0 Å². The highest BCUT2D eigenvalue weighted by molar-refractivity contribution is 6.14. The molecule has 2 N–H and O–H groups in total. The minimum atomic E-state index is -0.0749. The number of rotatable bonds is 10. The molecular weight excluding hydrogens is 360 g/mol. The van der Waals surface area contributed by atoms with E-state index in [9.17, 15) is 4.79 Å². The second kappa shape index (κ2) is 10.2. The summed E-state index contributed by atoms with van der Waals surface area (Å²) in [5.74, 6) is -0.0749. The number of anilines is 1. The smallest absolute Gasteiger partial charge is 0.253 e. The topological polar surface area (TPSA) is 57.3 Å². The number of amides is 1. The van der Waals surface area contributed by atoms with Gasteiger partial charge in [-0.05, 0) is 32.6 Å². The van der Waals surface area contributed by atoms with Crippen LogP contribution < -0.4 is 10.6 Å². The van der Waals surface area contributed by atoms with Crippen molar-refractivity contribution < 1.29 is 4.79 Å². The molecule has 0 saturated carbocycles. The van der Waals surface area contributed by atoms with Crippen LogP contribution in [0.1, 0.15) is 43.0 Å². The third-order valence-electron chi connectivity index (χ3n) is 5.13. The van der Waals surface area contributed by atoms with E-state index in [1.54, 1.807) is 0 Å². The van der Waals surface area contributed by atoms with Crippen LogP contribution in [0, 0.1) is 0 Å². The highest BCUT2D eigenvalue weighted by atomic mass is 16.1. The van der Waals surface area contributed by atoms with E-state index < -0.39 is 0 Å². The van der Waals surface area contributed by atoms with Gasteiger partial charge in [0.15, 0.2) is 0 Å². The summed E-state index contributed by atoms with van der Waals surface area (Å²) in [5, 5.41) is 8.75. The summed E-state index contributed by atoms with van der Waals surface area (Å²) in [6.45, 7) is 4.56. The fourth-order valence-corrected chi connectivity index (χ4v) is 3.54. The first-order chi connectivity index (χ1) is 14.1. The van der Waals surface area contributed by atoms with Gasteiger partial charge in [-0.2, -0.15) is 0 Å². The van der Waals surface area contributed by atoms with Crippen LogP contribution in [0.15, 0.2) is 42.5 Å². The molecule has 0 bridgehead atoms. The molecule has 0 aliphatic heterocycles. The Labute approximate surface area is 173 Å². The van der Waals surface area contributed by atoms with Gasteiger partial charge in [0.1, 0.15) is 0 Å². The van der Waals surface area contributed by atoms with Crippen LogP contribution in [0.4, 0.5) is 5.69 Å². The Kier molecular flexibility index (Phi) is 7.42. The van der Waals surface area contributed by atoms with Crippen molar-refractivity contribution >= 4 is 33.4 Å². The summed E-state index contributed by atoms with van der Waals surface area (Å²) in [6, 6.07) is 14.0. The molecule has 5 heteroatoms. The number of nitrogens with one attached hydrogen (secondary N) is 2. The lowest BCUT2D eigenvalue weighted by atomic mass is 10.0. The molecule has 1 aromatic heterocycles. The molecule has 0 aliphatic rings. The van der Waals surface area contributed by atoms with E-state index in [1.807, 2.05) is 44.4 Å². The molecule has 0 unspecified atom stereocenters. The van der Waals surface area contributed by atoms with Crippen LogP contribution >= 0.6 is 0 Å². The van der Waals surface area contributed by atoms with Gasteiger partial charge in [0, 0.05) is 30.4 Å². The molecule has 0 saturated heterocycles. The van der Waals surface area contributed by atoms with Gasteiger partial charge < -0.3 is 15.5 Å². The normalized spacial score (nSPS) is 11.3. The maximum Gasteiger partial charge on any atom is 0.253 e. The first-order valence-electron chi connectivity index (χ1n) is 10.6. The van der Waals surface area contributed by atoms with Crippen molar-refractivity contribution in [1.82, 2.24) is 15.2 Å². The molecule has 0 fully saturated rings. The number of pyridine rings is 1. The second-order valence-corrected chi connectivity index (χ2v) is 7.75. The van der Waals surface area contributed by atoms with Crippen LogP contribution in [0.5, 0.6) is 0 Å². The summed E-state index contributed by atoms with van der Waals surface area (Å²) in [5.41, 5.74) is 3.36. The lowest BCUT2D eigenvalue weighted by Gasteiger charge is -2.15. The van der Waals surface area contributed by atoms with Crippen LogP contribution in [0.25, 0.3) is 21.8 Å². The summed E-state index contributed by atoms with van der Waals surface area (Å²) in [4.78, 5) is 19.7. The zero-order chi connectivity index (χ0) is 20.6. The summed E-state index contributed by atoms with van der Waals surface area (Å²) < 4.78 is 0. The Bertz CT molecular complexity index is 968. The Morgan fingerprint density at radius 3 is 2.55 bits per heavy atom. The van der Waals surface area contributed by atoms with E-state index in [2.05, 4.69) is 34.6 Å². The number of hydrogen-bond donors (Lipinski definition) is 2. The van der Waals surface area contributed by atoms with Crippen LogP contribution in [0.3, 0.4) is 0 Å². The molecule has 0 spiro atoms. The molecule has 1 amide bonds. The summed E-state index contributed by atoms with van der Waals surface area (Å²) in [6.07, 6.45) is 4.85. The number of aromatic nitrogens is 1. The Balaban J connectivity index is 1.96. The third kappa shape index (κ3) is 5.24. The van der Waals surface area contributed by atoms with Gasteiger partial charge in [0.2, 0.25) is 0 Å². The maximum atomic E-state index is 12.8. The molecule has 0 atom stereocenters. The predicted octanol–water partition coefficient (Wildman–Crippen LogP) is 4.67. The minimum Gasteiger partial charge on any atom is -0.384 e. The molecule has 5 nitrogen and oxygen atoms in total. The summed E-state index contributed by atoms with van der Waals surface area (Å²) >= 11 is 0. The van der Waals surface area contributed by atoms with E-state index >= 15 is 0 Å². The monoisotopic (exact) mass is 392 g/mol.